The minimum atomic E-state index is -0.0919. The van der Waals surface area contributed by atoms with E-state index in [4.69, 9.17) is 11.5 Å². The molecule has 0 bridgehead atoms. The summed E-state index contributed by atoms with van der Waals surface area (Å²) in [6.07, 6.45) is 1.75. The van der Waals surface area contributed by atoms with Crippen molar-refractivity contribution in [2.75, 3.05) is 19.6 Å². The molecule has 1 aliphatic rings. The maximum atomic E-state index is 11.1. The van der Waals surface area contributed by atoms with E-state index in [1.807, 2.05) is 6.92 Å². The first-order valence-corrected chi connectivity index (χ1v) is 4.32. The average Bonchev–Trinajstić information content (AvgIpc) is 2.03. The Labute approximate surface area is 72.9 Å². The first-order chi connectivity index (χ1) is 5.55. The van der Waals surface area contributed by atoms with Gasteiger partial charge in [0, 0.05) is 18.6 Å². The zero-order valence-corrected chi connectivity index (χ0v) is 7.55. The lowest BCUT2D eigenvalue weighted by molar-refractivity contribution is -0.131. The van der Waals surface area contributed by atoms with E-state index in [-0.39, 0.29) is 18.0 Å². The van der Waals surface area contributed by atoms with Gasteiger partial charge < -0.3 is 16.4 Å². The Kier molecular flexibility index (Phi) is 2.69. The SMILES string of the molecule is CC1(N)CCN(C(=O)CN)CC1. The van der Waals surface area contributed by atoms with Gasteiger partial charge in [0.1, 0.15) is 0 Å². The molecule has 1 saturated heterocycles. The molecule has 70 valence electrons. The molecule has 0 aromatic rings. The molecule has 0 unspecified atom stereocenters. The fraction of sp³-hybridized carbons (Fsp3) is 0.875. The highest BCUT2D eigenvalue weighted by Gasteiger charge is 2.27. The molecule has 12 heavy (non-hydrogen) atoms. The molecule has 1 rings (SSSR count). The number of carbonyl (C=O) groups excluding carboxylic acids is 1. The highest BCUT2D eigenvalue weighted by Crippen LogP contribution is 2.18. The van der Waals surface area contributed by atoms with E-state index in [1.165, 1.54) is 0 Å². The maximum Gasteiger partial charge on any atom is 0.236 e. The lowest BCUT2D eigenvalue weighted by Gasteiger charge is -2.36. The van der Waals surface area contributed by atoms with Gasteiger partial charge in [0.2, 0.25) is 5.91 Å². The molecule has 0 aromatic carbocycles. The first kappa shape index (κ1) is 9.48. The van der Waals surface area contributed by atoms with E-state index in [2.05, 4.69) is 0 Å². The van der Waals surface area contributed by atoms with Gasteiger partial charge in [0.15, 0.2) is 0 Å². The van der Waals surface area contributed by atoms with Crippen molar-refractivity contribution in [1.29, 1.82) is 0 Å². The highest BCUT2D eigenvalue weighted by atomic mass is 16.2. The third kappa shape index (κ3) is 2.19. The smallest absolute Gasteiger partial charge is 0.236 e. The van der Waals surface area contributed by atoms with Crippen LogP contribution in [0.2, 0.25) is 0 Å². The van der Waals surface area contributed by atoms with Gasteiger partial charge in [0.25, 0.3) is 0 Å². The predicted octanol–water partition coefficient (Wildman–Crippen LogP) is -0.715. The molecular formula is C8H17N3O. The van der Waals surface area contributed by atoms with Crippen LogP contribution in [-0.2, 0) is 4.79 Å². The largest absolute Gasteiger partial charge is 0.341 e. The van der Waals surface area contributed by atoms with E-state index in [0.717, 1.165) is 25.9 Å². The normalized spacial score (nSPS) is 22.4. The Morgan fingerprint density at radius 2 is 2.00 bits per heavy atom. The Morgan fingerprint density at radius 3 is 2.42 bits per heavy atom. The molecule has 0 radical (unpaired) electrons. The molecule has 0 aliphatic carbocycles. The van der Waals surface area contributed by atoms with Crippen molar-refractivity contribution >= 4 is 5.91 Å². The minimum Gasteiger partial charge on any atom is -0.341 e. The molecule has 1 amide bonds. The lowest BCUT2D eigenvalue weighted by atomic mass is 9.91. The molecule has 4 nitrogen and oxygen atoms in total. The minimum absolute atomic E-state index is 0.0329. The van der Waals surface area contributed by atoms with Crippen LogP contribution >= 0.6 is 0 Å². The van der Waals surface area contributed by atoms with Crippen molar-refractivity contribution in [1.82, 2.24) is 4.90 Å². The summed E-state index contributed by atoms with van der Waals surface area (Å²) in [5.74, 6) is 0.0329. The van der Waals surface area contributed by atoms with Gasteiger partial charge in [-0.15, -0.1) is 0 Å². The molecule has 1 aliphatic heterocycles. The van der Waals surface area contributed by atoms with E-state index in [0.29, 0.717) is 0 Å². The molecule has 4 N–H and O–H groups in total. The monoisotopic (exact) mass is 171 g/mol. The fourth-order valence-corrected chi connectivity index (χ4v) is 1.40. The van der Waals surface area contributed by atoms with Gasteiger partial charge in [-0.1, -0.05) is 0 Å². The number of carbonyl (C=O) groups is 1. The molecule has 0 atom stereocenters. The summed E-state index contributed by atoms with van der Waals surface area (Å²) in [6, 6.07) is 0. The number of hydrogen-bond acceptors (Lipinski definition) is 3. The fourth-order valence-electron chi connectivity index (χ4n) is 1.40. The number of amides is 1. The number of piperidine rings is 1. The highest BCUT2D eigenvalue weighted by molar-refractivity contribution is 5.78. The Hall–Kier alpha value is -0.610. The van der Waals surface area contributed by atoms with Gasteiger partial charge in [-0.25, -0.2) is 0 Å². The van der Waals surface area contributed by atoms with Crippen LogP contribution in [0.3, 0.4) is 0 Å². The summed E-state index contributed by atoms with van der Waals surface area (Å²) in [4.78, 5) is 12.9. The maximum absolute atomic E-state index is 11.1. The standard InChI is InChI=1S/C8H17N3O/c1-8(10)2-4-11(5-3-8)7(12)6-9/h2-6,9-10H2,1H3. The van der Waals surface area contributed by atoms with Gasteiger partial charge in [-0.2, -0.15) is 0 Å². The summed E-state index contributed by atoms with van der Waals surface area (Å²) in [5.41, 5.74) is 11.1. The second-order valence-electron chi connectivity index (χ2n) is 3.74. The quantitative estimate of drug-likeness (QED) is 0.547. The predicted molar refractivity (Wildman–Crippen MR) is 47.5 cm³/mol. The van der Waals surface area contributed by atoms with E-state index in [1.54, 1.807) is 4.90 Å². The number of rotatable bonds is 1. The lowest BCUT2D eigenvalue weighted by Crippen LogP contribution is -2.51. The van der Waals surface area contributed by atoms with E-state index in [9.17, 15) is 4.79 Å². The number of hydrogen-bond donors (Lipinski definition) is 2. The summed E-state index contributed by atoms with van der Waals surface area (Å²) in [7, 11) is 0. The third-order valence-corrected chi connectivity index (χ3v) is 2.43. The molecular weight excluding hydrogens is 154 g/mol. The molecule has 0 saturated carbocycles. The van der Waals surface area contributed by atoms with Crippen molar-refractivity contribution in [3.63, 3.8) is 0 Å². The van der Waals surface area contributed by atoms with Crippen LogP contribution in [-0.4, -0.2) is 36.0 Å². The number of nitrogens with zero attached hydrogens (tertiary/aromatic N) is 1. The van der Waals surface area contributed by atoms with Crippen LogP contribution in [0.15, 0.2) is 0 Å². The first-order valence-electron chi connectivity index (χ1n) is 4.32. The molecule has 0 aromatic heterocycles. The van der Waals surface area contributed by atoms with Crippen LogP contribution < -0.4 is 11.5 Å². The number of likely N-dealkylation sites (tertiary alicyclic amines) is 1. The van der Waals surface area contributed by atoms with Crippen LogP contribution in [0.4, 0.5) is 0 Å². The van der Waals surface area contributed by atoms with Gasteiger partial charge >= 0.3 is 0 Å². The molecule has 0 spiro atoms. The zero-order valence-electron chi connectivity index (χ0n) is 7.55. The Morgan fingerprint density at radius 1 is 1.50 bits per heavy atom. The number of nitrogens with two attached hydrogens (primary N) is 2. The third-order valence-electron chi connectivity index (χ3n) is 2.43. The van der Waals surface area contributed by atoms with Gasteiger partial charge in [-0.05, 0) is 19.8 Å². The average molecular weight is 171 g/mol. The van der Waals surface area contributed by atoms with Gasteiger partial charge in [0.05, 0.1) is 6.54 Å². The van der Waals surface area contributed by atoms with E-state index >= 15 is 0 Å². The zero-order chi connectivity index (χ0) is 9.19. The molecule has 4 heteroatoms. The summed E-state index contributed by atoms with van der Waals surface area (Å²) >= 11 is 0. The van der Waals surface area contributed by atoms with Crippen LogP contribution in [0.5, 0.6) is 0 Å². The molecule has 1 fully saturated rings. The summed E-state index contributed by atoms with van der Waals surface area (Å²) in [5, 5.41) is 0. The second-order valence-corrected chi connectivity index (χ2v) is 3.74. The summed E-state index contributed by atoms with van der Waals surface area (Å²) in [6.45, 7) is 3.64. The van der Waals surface area contributed by atoms with Crippen molar-refractivity contribution in [2.45, 2.75) is 25.3 Å². The van der Waals surface area contributed by atoms with Crippen LogP contribution in [0, 0.1) is 0 Å². The van der Waals surface area contributed by atoms with Crippen molar-refractivity contribution in [3.05, 3.63) is 0 Å². The van der Waals surface area contributed by atoms with Crippen molar-refractivity contribution in [3.8, 4) is 0 Å². The van der Waals surface area contributed by atoms with Crippen LogP contribution in [0.1, 0.15) is 19.8 Å². The summed E-state index contributed by atoms with van der Waals surface area (Å²) < 4.78 is 0. The Bertz CT molecular complexity index is 169. The topological polar surface area (TPSA) is 72.3 Å². The molecule has 1 heterocycles. The Balaban J connectivity index is 2.41. The second kappa shape index (κ2) is 3.41. The van der Waals surface area contributed by atoms with Crippen molar-refractivity contribution in [2.24, 2.45) is 11.5 Å². The van der Waals surface area contributed by atoms with E-state index < -0.39 is 0 Å². The van der Waals surface area contributed by atoms with Gasteiger partial charge in [-0.3, -0.25) is 4.79 Å². The van der Waals surface area contributed by atoms with Crippen LogP contribution in [0.25, 0.3) is 0 Å². The van der Waals surface area contributed by atoms with Crippen molar-refractivity contribution < 1.29 is 4.79 Å².